The third-order valence-corrected chi connectivity index (χ3v) is 5.47. The van der Waals surface area contributed by atoms with E-state index in [9.17, 15) is 13.6 Å². The van der Waals surface area contributed by atoms with Crippen LogP contribution in [0.1, 0.15) is 28.8 Å². The van der Waals surface area contributed by atoms with Crippen molar-refractivity contribution in [1.82, 2.24) is 25.1 Å². The van der Waals surface area contributed by atoms with E-state index in [-0.39, 0.29) is 5.69 Å². The molecule has 1 saturated heterocycles. The number of hydrogen-bond donors (Lipinski definition) is 3. The molecule has 2 aromatic carbocycles. The number of imidazole rings is 1. The van der Waals surface area contributed by atoms with Crippen molar-refractivity contribution in [2.24, 2.45) is 0 Å². The predicted octanol–water partition coefficient (Wildman–Crippen LogP) is 4.08. The third-order valence-electron chi connectivity index (χ3n) is 5.47. The summed E-state index contributed by atoms with van der Waals surface area (Å²) in [7, 11) is 0. The van der Waals surface area contributed by atoms with Gasteiger partial charge in [0.2, 0.25) is 0 Å². The molecule has 31 heavy (non-hydrogen) atoms. The second-order valence-corrected chi connectivity index (χ2v) is 7.63. The second-order valence-electron chi connectivity index (χ2n) is 7.63. The molecule has 1 aliphatic rings. The first-order valence-corrected chi connectivity index (χ1v) is 10.1. The van der Waals surface area contributed by atoms with Crippen LogP contribution in [0.4, 0.5) is 14.5 Å². The van der Waals surface area contributed by atoms with Gasteiger partial charge in [0.05, 0.1) is 22.9 Å². The van der Waals surface area contributed by atoms with Crippen molar-refractivity contribution in [3.05, 3.63) is 65.4 Å². The minimum absolute atomic E-state index is 0.268. The Labute approximate surface area is 176 Å². The molecule has 3 heterocycles. The van der Waals surface area contributed by atoms with E-state index in [0.717, 1.165) is 42.8 Å². The number of hydrogen-bond acceptors (Lipinski definition) is 4. The molecular weight excluding hydrogens is 402 g/mol. The van der Waals surface area contributed by atoms with Crippen LogP contribution in [0.2, 0.25) is 0 Å². The van der Waals surface area contributed by atoms with E-state index < -0.39 is 23.1 Å². The van der Waals surface area contributed by atoms with Gasteiger partial charge in [0.1, 0.15) is 22.9 Å². The number of nitrogens with zero attached hydrogens (tertiary/aromatic N) is 3. The van der Waals surface area contributed by atoms with Crippen LogP contribution in [0, 0.1) is 11.6 Å². The Hall–Kier alpha value is -3.59. The minimum atomic E-state index is -0.934. The molecule has 1 fully saturated rings. The van der Waals surface area contributed by atoms with Gasteiger partial charge in [0.15, 0.2) is 5.82 Å². The quantitative estimate of drug-likeness (QED) is 0.452. The number of aromatic nitrogens is 4. The molecule has 0 spiro atoms. The number of fused-ring (bicyclic) bond motifs is 1. The highest BCUT2D eigenvalue weighted by atomic mass is 19.1. The number of rotatable bonds is 5. The van der Waals surface area contributed by atoms with Crippen LogP contribution in [0.25, 0.3) is 22.6 Å². The number of benzene rings is 2. The van der Waals surface area contributed by atoms with Gasteiger partial charge in [0, 0.05) is 6.54 Å². The first-order chi connectivity index (χ1) is 15.1. The van der Waals surface area contributed by atoms with Gasteiger partial charge in [-0.1, -0.05) is 12.1 Å². The van der Waals surface area contributed by atoms with Crippen LogP contribution in [-0.2, 0) is 6.54 Å². The van der Waals surface area contributed by atoms with Crippen molar-refractivity contribution < 1.29 is 13.6 Å². The molecule has 1 amide bonds. The number of aromatic amines is 2. The van der Waals surface area contributed by atoms with Crippen molar-refractivity contribution >= 4 is 22.6 Å². The smallest absolute Gasteiger partial charge is 0.261 e. The third kappa shape index (κ3) is 3.79. The molecule has 5 rings (SSSR count). The zero-order valence-corrected chi connectivity index (χ0v) is 16.6. The molecule has 0 saturated carbocycles. The van der Waals surface area contributed by atoms with Crippen molar-refractivity contribution in [3.63, 3.8) is 0 Å². The van der Waals surface area contributed by atoms with E-state index in [2.05, 4.69) is 42.5 Å². The lowest BCUT2D eigenvalue weighted by Gasteiger charge is -2.14. The molecule has 0 unspecified atom stereocenters. The van der Waals surface area contributed by atoms with Crippen LogP contribution >= 0.6 is 0 Å². The Kier molecular flexibility index (Phi) is 4.95. The van der Waals surface area contributed by atoms with Crippen LogP contribution in [0.15, 0.2) is 42.6 Å². The van der Waals surface area contributed by atoms with E-state index in [0.29, 0.717) is 11.5 Å². The Bertz CT molecular complexity index is 1240. The average molecular weight is 422 g/mol. The normalized spacial score (nSPS) is 14.4. The van der Waals surface area contributed by atoms with Crippen LogP contribution < -0.4 is 5.32 Å². The van der Waals surface area contributed by atoms with E-state index in [4.69, 9.17) is 0 Å². The van der Waals surface area contributed by atoms with Crippen molar-refractivity contribution in [2.75, 3.05) is 18.4 Å². The molecule has 1 aliphatic heterocycles. The van der Waals surface area contributed by atoms with Gasteiger partial charge in [-0.05, 0) is 55.8 Å². The summed E-state index contributed by atoms with van der Waals surface area (Å²) < 4.78 is 27.9. The maximum Gasteiger partial charge on any atom is 0.261 e. The molecule has 0 atom stereocenters. The van der Waals surface area contributed by atoms with E-state index >= 15 is 0 Å². The van der Waals surface area contributed by atoms with Crippen molar-refractivity contribution in [1.29, 1.82) is 0 Å². The Morgan fingerprint density at radius 2 is 1.90 bits per heavy atom. The first kappa shape index (κ1) is 19.4. The molecule has 0 bridgehead atoms. The topological polar surface area (TPSA) is 89.7 Å². The highest BCUT2D eigenvalue weighted by Gasteiger charge is 2.20. The van der Waals surface area contributed by atoms with Gasteiger partial charge in [-0.2, -0.15) is 5.10 Å². The molecule has 9 heteroatoms. The van der Waals surface area contributed by atoms with Gasteiger partial charge < -0.3 is 10.3 Å². The maximum atomic E-state index is 13.9. The summed E-state index contributed by atoms with van der Waals surface area (Å²) in [5, 5.41) is 9.25. The molecule has 158 valence electrons. The number of anilines is 1. The lowest BCUT2D eigenvalue weighted by molar-refractivity contribution is 0.101. The minimum Gasteiger partial charge on any atom is -0.337 e. The molecular formula is C22H20F2N6O. The van der Waals surface area contributed by atoms with Crippen molar-refractivity contribution in [3.8, 4) is 11.5 Å². The van der Waals surface area contributed by atoms with Crippen LogP contribution in [0.5, 0.6) is 0 Å². The number of nitrogens with one attached hydrogen (secondary N) is 3. The number of amides is 1. The summed E-state index contributed by atoms with van der Waals surface area (Å²) in [5.74, 6) is -2.30. The summed E-state index contributed by atoms with van der Waals surface area (Å²) in [6.07, 6.45) is 3.85. The van der Waals surface area contributed by atoms with E-state index in [1.165, 1.54) is 30.7 Å². The lowest BCUT2D eigenvalue weighted by Crippen LogP contribution is -2.18. The monoisotopic (exact) mass is 422 g/mol. The van der Waals surface area contributed by atoms with Crippen molar-refractivity contribution in [2.45, 2.75) is 19.4 Å². The molecule has 3 N–H and O–H groups in total. The largest absolute Gasteiger partial charge is 0.337 e. The fourth-order valence-electron chi connectivity index (χ4n) is 3.93. The average Bonchev–Trinajstić information content (AvgIpc) is 3.48. The number of carbonyl (C=O) groups is 1. The first-order valence-electron chi connectivity index (χ1n) is 10.1. The standard InChI is InChI=1S/C22H20F2N6O/c23-14-4-3-5-15(24)19(14)22(31)28-18-11-25-29-20(18)21-26-16-7-6-13(10-17(16)27-21)12-30-8-1-2-9-30/h3-7,10-11H,1-2,8-9,12H2,(H,25,29)(H,26,27)(H,28,31). The summed E-state index contributed by atoms with van der Waals surface area (Å²) in [4.78, 5) is 22.7. The zero-order valence-electron chi connectivity index (χ0n) is 16.6. The Morgan fingerprint density at radius 1 is 1.13 bits per heavy atom. The van der Waals surface area contributed by atoms with Gasteiger partial charge in [-0.15, -0.1) is 0 Å². The number of H-pyrrole nitrogens is 2. The SMILES string of the molecule is O=C(Nc1cn[nH]c1-c1nc2ccc(CN3CCCC3)cc2[nH]1)c1c(F)cccc1F. The summed E-state index contributed by atoms with van der Waals surface area (Å²) in [6, 6.07) is 9.34. The maximum absolute atomic E-state index is 13.9. The summed E-state index contributed by atoms with van der Waals surface area (Å²) in [6.45, 7) is 3.13. The van der Waals surface area contributed by atoms with Gasteiger partial charge in [0.25, 0.3) is 5.91 Å². The number of carbonyl (C=O) groups excluding carboxylic acids is 1. The van der Waals surface area contributed by atoms with Gasteiger partial charge in [-0.3, -0.25) is 14.8 Å². The van der Waals surface area contributed by atoms with Crippen LogP contribution in [-0.4, -0.2) is 44.1 Å². The van der Waals surface area contributed by atoms with Crippen LogP contribution in [0.3, 0.4) is 0 Å². The second kappa shape index (κ2) is 7.92. The molecule has 0 radical (unpaired) electrons. The highest BCUT2D eigenvalue weighted by Crippen LogP contribution is 2.27. The van der Waals surface area contributed by atoms with E-state index in [1.807, 2.05) is 6.07 Å². The lowest BCUT2D eigenvalue weighted by atomic mass is 10.2. The summed E-state index contributed by atoms with van der Waals surface area (Å²) in [5.41, 5.74) is 2.86. The zero-order chi connectivity index (χ0) is 21.4. The molecule has 2 aromatic heterocycles. The Morgan fingerprint density at radius 3 is 2.68 bits per heavy atom. The molecule has 7 nitrogen and oxygen atoms in total. The van der Waals surface area contributed by atoms with Gasteiger partial charge in [-0.25, -0.2) is 13.8 Å². The highest BCUT2D eigenvalue weighted by molar-refractivity contribution is 6.06. The molecule has 0 aliphatic carbocycles. The number of halogens is 2. The summed E-state index contributed by atoms with van der Waals surface area (Å²) >= 11 is 0. The van der Waals surface area contributed by atoms with Gasteiger partial charge >= 0.3 is 0 Å². The van der Waals surface area contributed by atoms with E-state index in [1.54, 1.807) is 0 Å². The number of likely N-dealkylation sites (tertiary alicyclic amines) is 1. The molecule has 4 aromatic rings. The fourth-order valence-corrected chi connectivity index (χ4v) is 3.93. The predicted molar refractivity (Wildman–Crippen MR) is 112 cm³/mol. The fraction of sp³-hybridized carbons (Fsp3) is 0.227. The Balaban J connectivity index is 1.41.